The highest BCUT2D eigenvalue weighted by Gasteiger charge is 2.23. The molecule has 1 aromatic rings. The van der Waals surface area contributed by atoms with Crippen LogP contribution in [-0.4, -0.2) is 6.04 Å². The van der Waals surface area contributed by atoms with Crippen LogP contribution in [0.2, 0.25) is 0 Å². The monoisotopic (exact) mass is 299 g/mol. The van der Waals surface area contributed by atoms with Gasteiger partial charge in [-0.05, 0) is 65.7 Å². The summed E-state index contributed by atoms with van der Waals surface area (Å²) in [4.78, 5) is 0. The Balaban J connectivity index is 2.06. The molecule has 2 unspecified atom stereocenters. The lowest BCUT2D eigenvalue weighted by Crippen LogP contribution is -2.16. The molecular weight excluding hydrogens is 281 g/mol. The van der Waals surface area contributed by atoms with Gasteiger partial charge >= 0.3 is 0 Å². The van der Waals surface area contributed by atoms with Crippen LogP contribution in [0, 0.1) is 18.7 Å². The van der Waals surface area contributed by atoms with Gasteiger partial charge in [0.15, 0.2) is 0 Å². The summed E-state index contributed by atoms with van der Waals surface area (Å²) in [6.07, 6.45) is 5.05. The van der Waals surface area contributed by atoms with Crippen molar-refractivity contribution in [2.24, 2.45) is 5.92 Å². The van der Waals surface area contributed by atoms with Gasteiger partial charge in [0.1, 0.15) is 5.82 Å². The molecule has 1 aliphatic carbocycles. The van der Waals surface area contributed by atoms with E-state index in [0.29, 0.717) is 10.5 Å². The van der Waals surface area contributed by atoms with E-state index in [9.17, 15) is 4.39 Å². The lowest BCUT2D eigenvalue weighted by atomic mass is 10.1. The van der Waals surface area contributed by atoms with E-state index in [4.69, 9.17) is 0 Å². The summed E-state index contributed by atoms with van der Waals surface area (Å²) in [7, 11) is 0. The summed E-state index contributed by atoms with van der Waals surface area (Å²) in [6, 6.07) is 3.99. The van der Waals surface area contributed by atoms with Crippen LogP contribution in [0.3, 0.4) is 0 Å². The van der Waals surface area contributed by atoms with Gasteiger partial charge in [-0.1, -0.05) is 13.3 Å². The molecule has 0 spiro atoms. The highest BCUT2D eigenvalue weighted by molar-refractivity contribution is 9.10. The molecule has 1 N–H and O–H groups in total. The third kappa shape index (κ3) is 3.01. The zero-order valence-corrected chi connectivity index (χ0v) is 12.0. The largest absolute Gasteiger partial charge is 0.382 e. The van der Waals surface area contributed by atoms with Crippen molar-refractivity contribution in [3.8, 4) is 0 Å². The zero-order chi connectivity index (χ0) is 12.4. The fraction of sp³-hybridized carbons (Fsp3) is 0.571. The first-order valence-electron chi connectivity index (χ1n) is 6.32. The molecule has 0 radical (unpaired) electrons. The molecule has 2 atom stereocenters. The summed E-state index contributed by atoms with van der Waals surface area (Å²) in [5.41, 5.74) is 2.03. The maximum absolute atomic E-state index is 13.3. The number of halogens is 2. The predicted octanol–water partition coefficient (Wildman–Crippen LogP) is 4.89. The molecule has 0 aliphatic heterocycles. The third-order valence-corrected chi connectivity index (χ3v) is 4.35. The van der Waals surface area contributed by atoms with Crippen molar-refractivity contribution in [1.29, 1.82) is 0 Å². The SMILES string of the molecule is CCC1CCC(Nc2cc(Br)c(F)cc2C)C1. The van der Waals surface area contributed by atoms with E-state index < -0.39 is 0 Å². The van der Waals surface area contributed by atoms with Crippen molar-refractivity contribution < 1.29 is 4.39 Å². The second kappa shape index (κ2) is 5.38. The maximum Gasteiger partial charge on any atom is 0.137 e. The van der Waals surface area contributed by atoms with E-state index in [1.807, 2.05) is 13.0 Å². The highest BCUT2D eigenvalue weighted by Crippen LogP contribution is 2.32. The number of hydrogen-bond donors (Lipinski definition) is 1. The van der Waals surface area contributed by atoms with Gasteiger partial charge in [0.05, 0.1) is 4.47 Å². The van der Waals surface area contributed by atoms with Crippen LogP contribution in [0.1, 0.15) is 38.2 Å². The van der Waals surface area contributed by atoms with Crippen LogP contribution in [-0.2, 0) is 0 Å². The van der Waals surface area contributed by atoms with Crippen molar-refractivity contribution in [1.82, 2.24) is 0 Å². The van der Waals surface area contributed by atoms with Crippen LogP contribution in [0.4, 0.5) is 10.1 Å². The van der Waals surface area contributed by atoms with Gasteiger partial charge < -0.3 is 5.32 Å². The second-order valence-electron chi connectivity index (χ2n) is 5.01. The van der Waals surface area contributed by atoms with Crippen molar-refractivity contribution >= 4 is 21.6 Å². The molecule has 0 heterocycles. The Hall–Kier alpha value is -0.570. The molecule has 0 aromatic heterocycles. The fourth-order valence-electron chi connectivity index (χ4n) is 2.60. The molecule has 17 heavy (non-hydrogen) atoms. The van der Waals surface area contributed by atoms with Crippen LogP contribution in [0.25, 0.3) is 0 Å². The van der Waals surface area contributed by atoms with E-state index in [0.717, 1.165) is 17.2 Å². The smallest absolute Gasteiger partial charge is 0.137 e. The van der Waals surface area contributed by atoms with Gasteiger partial charge in [-0.25, -0.2) is 4.39 Å². The predicted molar refractivity (Wildman–Crippen MR) is 73.9 cm³/mol. The first kappa shape index (κ1) is 12.9. The molecule has 1 fully saturated rings. The molecule has 1 aliphatic rings. The molecule has 1 aromatic carbocycles. The summed E-state index contributed by atoms with van der Waals surface area (Å²) in [6.45, 7) is 4.21. The van der Waals surface area contributed by atoms with Crippen molar-refractivity contribution in [3.63, 3.8) is 0 Å². The Morgan fingerprint density at radius 3 is 2.82 bits per heavy atom. The van der Waals surface area contributed by atoms with Gasteiger partial charge in [-0.2, -0.15) is 0 Å². The minimum atomic E-state index is -0.189. The van der Waals surface area contributed by atoms with E-state index in [1.54, 1.807) is 6.07 Å². The van der Waals surface area contributed by atoms with Crippen molar-refractivity contribution in [2.75, 3.05) is 5.32 Å². The van der Waals surface area contributed by atoms with Gasteiger partial charge in [0.25, 0.3) is 0 Å². The Bertz CT molecular complexity index is 405. The van der Waals surface area contributed by atoms with Gasteiger partial charge in [-0.15, -0.1) is 0 Å². The normalized spacial score (nSPS) is 24.0. The minimum Gasteiger partial charge on any atom is -0.382 e. The molecule has 1 nitrogen and oxygen atoms in total. The number of benzene rings is 1. The summed E-state index contributed by atoms with van der Waals surface area (Å²) in [5.74, 6) is 0.669. The molecule has 3 heteroatoms. The molecular formula is C14H19BrFN. The number of hydrogen-bond acceptors (Lipinski definition) is 1. The van der Waals surface area contributed by atoms with E-state index >= 15 is 0 Å². The highest BCUT2D eigenvalue weighted by atomic mass is 79.9. The maximum atomic E-state index is 13.3. The Labute approximate surface area is 111 Å². The molecule has 0 bridgehead atoms. The molecule has 94 valence electrons. The molecule has 1 saturated carbocycles. The number of rotatable bonds is 3. The summed E-state index contributed by atoms with van der Waals surface area (Å²) in [5, 5.41) is 3.54. The van der Waals surface area contributed by atoms with Crippen LogP contribution >= 0.6 is 15.9 Å². The zero-order valence-electron chi connectivity index (χ0n) is 10.4. The Kier molecular flexibility index (Phi) is 4.08. The lowest BCUT2D eigenvalue weighted by Gasteiger charge is -2.17. The van der Waals surface area contributed by atoms with Crippen LogP contribution in [0.5, 0.6) is 0 Å². The van der Waals surface area contributed by atoms with E-state index in [2.05, 4.69) is 28.2 Å². The van der Waals surface area contributed by atoms with E-state index in [1.165, 1.54) is 25.7 Å². The number of anilines is 1. The average Bonchev–Trinajstić information content (AvgIpc) is 2.73. The Morgan fingerprint density at radius 2 is 2.18 bits per heavy atom. The second-order valence-corrected chi connectivity index (χ2v) is 5.86. The topological polar surface area (TPSA) is 12.0 Å². The van der Waals surface area contributed by atoms with Crippen molar-refractivity contribution in [3.05, 3.63) is 28.0 Å². The first-order valence-corrected chi connectivity index (χ1v) is 7.11. The van der Waals surface area contributed by atoms with Gasteiger partial charge in [0.2, 0.25) is 0 Å². The van der Waals surface area contributed by atoms with Crippen LogP contribution in [0.15, 0.2) is 16.6 Å². The van der Waals surface area contributed by atoms with E-state index in [-0.39, 0.29) is 5.82 Å². The lowest BCUT2D eigenvalue weighted by molar-refractivity contribution is 0.525. The molecule has 0 saturated heterocycles. The number of nitrogens with one attached hydrogen (secondary N) is 1. The minimum absolute atomic E-state index is 0.189. The molecule has 2 rings (SSSR count). The van der Waals surface area contributed by atoms with Gasteiger partial charge in [0, 0.05) is 11.7 Å². The standard InChI is InChI=1S/C14H19BrFN/c1-3-10-4-5-11(7-10)17-14-8-12(15)13(16)6-9(14)2/h6,8,10-11,17H,3-5,7H2,1-2H3. The number of aryl methyl sites for hydroxylation is 1. The quantitative estimate of drug-likeness (QED) is 0.838. The van der Waals surface area contributed by atoms with Crippen molar-refractivity contribution in [2.45, 2.75) is 45.6 Å². The summed E-state index contributed by atoms with van der Waals surface area (Å²) < 4.78 is 13.9. The van der Waals surface area contributed by atoms with Crippen LogP contribution < -0.4 is 5.32 Å². The summed E-state index contributed by atoms with van der Waals surface area (Å²) >= 11 is 3.24. The Morgan fingerprint density at radius 1 is 1.41 bits per heavy atom. The molecule has 0 amide bonds. The third-order valence-electron chi connectivity index (χ3n) is 3.75. The van der Waals surface area contributed by atoms with Gasteiger partial charge in [-0.3, -0.25) is 0 Å². The average molecular weight is 300 g/mol. The first-order chi connectivity index (χ1) is 8.10. The fourth-order valence-corrected chi connectivity index (χ4v) is 2.94.